The Balaban J connectivity index is 1.93. The summed E-state index contributed by atoms with van der Waals surface area (Å²) in [6, 6.07) is 1.79. The lowest BCUT2D eigenvalue weighted by Crippen LogP contribution is -2.45. The van der Waals surface area contributed by atoms with Crippen molar-refractivity contribution in [3.05, 3.63) is 23.7 Å². The second-order valence-electron chi connectivity index (χ2n) is 4.32. The molecule has 1 atom stereocenters. The summed E-state index contributed by atoms with van der Waals surface area (Å²) in [5.41, 5.74) is 0.865. The normalized spacial score (nSPS) is 20.2. The molecule has 5 nitrogen and oxygen atoms in total. The molecular formula is C12H18N2O3. The molecule has 5 heteroatoms. The van der Waals surface area contributed by atoms with Crippen molar-refractivity contribution in [3.8, 4) is 0 Å². The van der Waals surface area contributed by atoms with Crippen molar-refractivity contribution in [2.75, 3.05) is 33.3 Å². The molecule has 17 heavy (non-hydrogen) atoms. The molecule has 2 heterocycles. The number of hydrogen-bond donors (Lipinski definition) is 1. The van der Waals surface area contributed by atoms with Gasteiger partial charge >= 0.3 is 0 Å². The highest BCUT2D eigenvalue weighted by Crippen LogP contribution is 2.12. The number of rotatable bonds is 3. The maximum absolute atomic E-state index is 12.1. The van der Waals surface area contributed by atoms with E-state index in [9.17, 15) is 4.79 Å². The van der Waals surface area contributed by atoms with Gasteiger partial charge < -0.3 is 19.4 Å². The first-order chi connectivity index (χ1) is 8.18. The van der Waals surface area contributed by atoms with E-state index in [1.165, 1.54) is 6.26 Å². The lowest BCUT2D eigenvalue weighted by atomic mass is 10.2. The van der Waals surface area contributed by atoms with E-state index in [2.05, 4.69) is 5.32 Å². The van der Waals surface area contributed by atoms with E-state index in [1.807, 2.05) is 6.92 Å². The highest BCUT2D eigenvalue weighted by Gasteiger charge is 2.22. The average molecular weight is 238 g/mol. The predicted molar refractivity (Wildman–Crippen MR) is 63.0 cm³/mol. The lowest BCUT2D eigenvalue weighted by molar-refractivity contribution is 0.00969. The highest BCUT2D eigenvalue weighted by molar-refractivity contribution is 5.92. The van der Waals surface area contributed by atoms with Crippen LogP contribution in [-0.2, 0) is 4.74 Å². The number of amides is 1. The molecular weight excluding hydrogens is 220 g/mol. The smallest absolute Gasteiger partial charge is 0.289 e. The topological polar surface area (TPSA) is 54.7 Å². The van der Waals surface area contributed by atoms with Crippen molar-refractivity contribution in [2.24, 2.45) is 0 Å². The molecule has 0 aromatic carbocycles. The number of likely N-dealkylation sites (N-methyl/N-ethyl adjacent to an activating group) is 1. The number of ether oxygens (including phenoxy) is 1. The third-order valence-corrected chi connectivity index (χ3v) is 2.88. The van der Waals surface area contributed by atoms with Crippen LogP contribution in [0.1, 0.15) is 16.1 Å². The summed E-state index contributed by atoms with van der Waals surface area (Å²) in [6.07, 6.45) is 1.60. The zero-order valence-electron chi connectivity index (χ0n) is 10.2. The van der Waals surface area contributed by atoms with Crippen LogP contribution in [0.2, 0.25) is 0 Å². The third kappa shape index (κ3) is 2.87. The van der Waals surface area contributed by atoms with Gasteiger partial charge in [0.25, 0.3) is 5.91 Å². The Morgan fingerprint density at radius 3 is 3.06 bits per heavy atom. The fourth-order valence-electron chi connectivity index (χ4n) is 1.89. The number of carbonyl (C=O) groups is 1. The van der Waals surface area contributed by atoms with Crippen LogP contribution in [0, 0.1) is 6.92 Å². The average Bonchev–Trinajstić information content (AvgIpc) is 2.76. The molecule has 1 aromatic heterocycles. The fraction of sp³-hybridized carbons (Fsp3) is 0.583. The van der Waals surface area contributed by atoms with Gasteiger partial charge in [0.05, 0.1) is 19.0 Å². The van der Waals surface area contributed by atoms with Crippen molar-refractivity contribution < 1.29 is 13.9 Å². The molecule has 1 amide bonds. The van der Waals surface area contributed by atoms with Gasteiger partial charge in [-0.3, -0.25) is 4.79 Å². The summed E-state index contributed by atoms with van der Waals surface area (Å²) in [6.45, 7) is 4.81. The summed E-state index contributed by atoms with van der Waals surface area (Å²) < 4.78 is 10.7. The lowest BCUT2D eigenvalue weighted by Gasteiger charge is -2.27. The minimum Gasteiger partial charge on any atom is -0.459 e. The molecule has 1 saturated heterocycles. The molecule has 0 aliphatic carbocycles. The zero-order valence-corrected chi connectivity index (χ0v) is 10.2. The summed E-state index contributed by atoms with van der Waals surface area (Å²) in [7, 11) is 1.77. The van der Waals surface area contributed by atoms with Gasteiger partial charge in [-0.2, -0.15) is 0 Å². The standard InChI is InChI=1S/C12H18N2O3/c1-9-3-5-17-11(9)12(15)14(2)8-10-7-13-4-6-16-10/h3,5,10,13H,4,6-8H2,1-2H3. The van der Waals surface area contributed by atoms with Crippen LogP contribution < -0.4 is 5.32 Å². The van der Waals surface area contributed by atoms with Gasteiger partial charge in [-0.05, 0) is 13.0 Å². The minimum atomic E-state index is -0.0957. The number of carbonyl (C=O) groups excluding carboxylic acids is 1. The Hall–Kier alpha value is -1.33. The van der Waals surface area contributed by atoms with E-state index in [0.29, 0.717) is 18.9 Å². The second kappa shape index (κ2) is 5.33. The highest BCUT2D eigenvalue weighted by atomic mass is 16.5. The van der Waals surface area contributed by atoms with E-state index < -0.39 is 0 Å². The number of aryl methyl sites for hydroxylation is 1. The van der Waals surface area contributed by atoms with Crippen LogP contribution in [-0.4, -0.2) is 50.2 Å². The molecule has 2 rings (SSSR count). The summed E-state index contributed by atoms with van der Waals surface area (Å²) in [5, 5.41) is 3.24. The monoisotopic (exact) mass is 238 g/mol. The van der Waals surface area contributed by atoms with Crippen molar-refractivity contribution in [2.45, 2.75) is 13.0 Å². The Kier molecular flexibility index (Phi) is 3.81. The molecule has 0 bridgehead atoms. The first-order valence-corrected chi connectivity index (χ1v) is 5.80. The van der Waals surface area contributed by atoms with Gasteiger partial charge in [0.15, 0.2) is 5.76 Å². The van der Waals surface area contributed by atoms with E-state index in [1.54, 1.807) is 18.0 Å². The molecule has 1 fully saturated rings. The minimum absolute atomic E-state index is 0.0629. The van der Waals surface area contributed by atoms with Crippen molar-refractivity contribution >= 4 is 5.91 Å². The SMILES string of the molecule is Cc1ccoc1C(=O)N(C)CC1CNCCO1. The van der Waals surface area contributed by atoms with Gasteiger partial charge in [-0.15, -0.1) is 0 Å². The number of furan rings is 1. The van der Waals surface area contributed by atoms with Crippen molar-refractivity contribution in [1.82, 2.24) is 10.2 Å². The number of nitrogens with one attached hydrogen (secondary N) is 1. The predicted octanol–water partition coefficient (Wildman–Crippen LogP) is 0.648. The molecule has 94 valence electrons. The van der Waals surface area contributed by atoms with Crippen molar-refractivity contribution in [3.63, 3.8) is 0 Å². The van der Waals surface area contributed by atoms with Crippen LogP contribution >= 0.6 is 0 Å². The zero-order chi connectivity index (χ0) is 12.3. The molecule has 1 aromatic rings. The Morgan fingerprint density at radius 1 is 1.65 bits per heavy atom. The molecule has 1 N–H and O–H groups in total. The first-order valence-electron chi connectivity index (χ1n) is 5.80. The maximum Gasteiger partial charge on any atom is 0.289 e. The molecule has 1 unspecified atom stereocenters. The Labute approximate surface area is 101 Å². The second-order valence-corrected chi connectivity index (χ2v) is 4.32. The summed E-state index contributed by atoms with van der Waals surface area (Å²) in [5.74, 6) is 0.318. The number of hydrogen-bond acceptors (Lipinski definition) is 4. The Bertz CT molecular complexity index is 383. The van der Waals surface area contributed by atoms with E-state index in [0.717, 1.165) is 18.7 Å². The third-order valence-electron chi connectivity index (χ3n) is 2.88. The summed E-state index contributed by atoms with van der Waals surface area (Å²) in [4.78, 5) is 13.7. The van der Waals surface area contributed by atoms with Crippen LogP contribution in [0.4, 0.5) is 0 Å². The van der Waals surface area contributed by atoms with Crippen LogP contribution in [0.3, 0.4) is 0 Å². The molecule has 0 radical (unpaired) electrons. The van der Waals surface area contributed by atoms with Gasteiger partial charge in [0.1, 0.15) is 0 Å². The van der Waals surface area contributed by atoms with Crippen LogP contribution in [0.5, 0.6) is 0 Å². The summed E-state index contributed by atoms with van der Waals surface area (Å²) >= 11 is 0. The quantitative estimate of drug-likeness (QED) is 0.840. The molecule has 0 saturated carbocycles. The van der Waals surface area contributed by atoms with Gasteiger partial charge in [0.2, 0.25) is 0 Å². The fourth-order valence-corrected chi connectivity index (χ4v) is 1.89. The largest absolute Gasteiger partial charge is 0.459 e. The first kappa shape index (κ1) is 12.1. The molecule has 1 aliphatic rings. The van der Waals surface area contributed by atoms with E-state index >= 15 is 0 Å². The molecule has 1 aliphatic heterocycles. The van der Waals surface area contributed by atoms with Gasteiger partial charge in [0, 0.05) is 32.2 Å². The Morgan fingerprint density at radius 2 is 2.47 bits per heavy atom. The number of morpholine rings is 1. The number of nitrogens with zero attached hydrogens (tertiary/aromatic N) is 1. The maximum atomic E-state index is 12.1. The van der Waals surface area contributed by atoms with Crippen LogP contribution in [0.25, 0.3) is 0 Å². The van der Waals surface area contributed by atoms with Gasteiger partial charge in [-0.1, -0.05) is 0 Å². The van der Waals surface area contributed by atoms with E-state index in [-0.39, 0.29) is 12.0 Å². The van der Waals surface area contributed by atoms with Gasteiger partial charge in [-0.25, -0.2) is 0 Å². The van der Waals surface area contributed by atoms with E-state index in [4.69, 9.17) is 9.15 Å². The van der Waals surface area contributed by atoms with Crippen molar-refractivity contribution in [1.29, 1.82) is 0 Å². The van der Waals surface area contributed by atoms with Crippen LogP contribution in [0.15, 0.2) is 16.7 Å². The molecule has 0 spiro atoms.